The first kappa shape index (κ1) is 14.4. The van der Waals surface area contributed by atoms with Crippen LogP contribution >= 0.6 is 0 Å². The number of benzene rings is 1. The van der Waals surface area contributed by atoms with E-state index in [2.05, 4.69) is 29.5 Å². The molecule has 5 heteroatoms. The fraction of sp³-hybridized carbons (Fsp3) is 0.562. The minimum absolute atomic E-state index is 0.0168. The molecule has 1 aromatic heterocycles. The van der Waals surface area contributed by atoms with Gasteiger partial charge in [-0.25, -0.2) is 0 Å². The van der Waals surface area contributed by atoms with Gasteiger partial charge in [-0.2, -0.15) is 5.10 Å². The monoisotopic (exact) mass is 289 g/mol. The summed E-state index contributed by atoms with van der Waals surface area (Å²) in [6.07, 6.45) is 3.24. The lowest BCUT2D eigenvalue weighted by Gasteiger charge is -2.38. The van der Waals surface area contributed by atoms with E-state index in [4.69, 9.17) is 4.74 Å². The van der Waals surface area contributed by atoms with Crippen molar-refractivity contribution in [1.29, 1.82) is 0 Å². The maximum atomic E-state index is 10.7. The molecular formula is C16H23N3O2. The Morgan fingerprint density at radius 3 is 2.90 bits per heavy atom. The topological polar surface area (TPSA) is 59.3 Å². The number of nitrogens with one attached hydrogen (secondary N) is 1. The maximum absolute atomic E-state index is 10.7. The number of fused-ring (bicyclic) bond motifs is 1. The van der Waals surface area contributed by atoms with Gasteiger partial charge in [-0.15, -0.1) is 0 Å². The first-order chi connectivity index (χ1) is 10.1. The molecule has 2 heterocycles. The van der Waals surface area contributed by atoms with Crippen LogP contribution in [0.15, 0.2) is 24.4 Å². The second-order valence-electron chi connectivity index (χ2n) is 5.82. The van der Waals surface area contributed by atoms with Crippen molar-refractivity contribution in [3.63, 3.8) is 0 Å². The highest BCUT2D eigenvalue weighted by Crippen LogP contribution is 2.27. The lowest BCUT2D eigenvalue weighted by atomic mass is 9.87. The van der Waals surface area contributed by atoms with Gasteiger partial charge in [0, 0.05) is 43.7 Å². The predicted molar refractivity (Wildman–Crippen MR) is 83.5 cm³/mol. The van der Waals surface area contributed by atoms with Gasteiger partial charge in [0.2, 0.25) is 0 Å². The summed E-state index contributed by atoms with van der Waals surface area (Å²) in [7, 11) is 0. The van der Waals surface area contributed by atoms with Gasteiger partial charge >= 0.3 is 0 Å². The van der Waals surface area contributed by atoms with Crippen LogP contribution < -0.4 is 5.32 Å². The fourth-order valence-electron chi connectivity index (χ4n) is 2.95. The number of nitrogens with zero attached hydrogens (tertiary/aromatic N) is 2. The van der Waals surface area contributed by atoms with E-state index in [9.17, 15) is 5.11 Å². The number of ether oxygens (including phenoxy) is 1. The van der Waals surface area contributed by atoms with Gasteiger partial charge in [-0.05, 0) is 32.0 Å². The molecule has 3 rings (SSSR count). The quantitative estimate of drug-likeness (QED) is 0.907. The molecule has 114 valence electrons. The highest BCUT2D eigenvalue weighted by Gasteiger charge is 2.35. The minimum atomic E-state index is -0.696. The SMILES string of the molecule is CCn1ncc2ccc(N[C@@H](C)C3(O)CCOCC3)cc21. The molecule has 2 aromatic rings. The van der Waals surface area contributed by atoms with Crippen LogP contribution in [0.25, 0.3) is 10.9 Å². The molecule has 21 heavy (non-hydrogen) atoms. The summed E-state index contributed by atoms with van der Waals surface area (Å²) in [6, 6.07) is 6.20. The molecule has 0 bridgehead atoms. The van der Waals surface area contributed by atoms with E-state index in [1.165, 1.54) is 0 Å². The second-order valence-corrected chi connectivity index (χ2v) is 5.82. The number of aryl methyl sites for hydroxylation is 1. The predicted octanol–water partition coefficient (Wildman–Crippen LogP) is 2.40. The van der Waals surface area contributed by atoms with Crippen LogP contribution in [0.3, 0.4) is 0 Å². The molecule has 1 fully saturated rings. The zero-order valence-corrected chi connectivity index (χ0v) is 12.7. The molecule has 1 saturated heterocycles. The lowest BCUT2D eigenvalue weighted by Crippen LogP contribution is -2.49. The van der Waals surface area contributed by atoms with Crippen LogP contribution in [-0.2, 0) is 11.3 Å². The molecule has 0 aliphatic carbocycles. The number of hydrogen-bond acceptors (Lipinski definition) is 4. The van der Waals surface area contributed by atoms with Crippen molar-refractivity contribution in [1.82, 2.24) is 9.78 Å². The third-order valence-electron chi connectivity index (χ3n) is 4.49. The standard InChI is InChI=1S/C16H23N3O2/c1-3-19-15-10-14(5-4-13(15)11-17-19)18-12(2)16(20)6-8-21-9-7-16/h4-5,10-12,18,20H,3,6-9H2,1-2H3/t12-/m0/s1. The fourth-order valence-corrected chi connectivity index (χ4v) is 2.95. The maximum Gasteiger partial charge on any atom is 0.0888 e. The molecule has 0 saturated carbocycles. The molecule has 1 aliphatic heterocycles. The Morgan fingerprint density at radius 1 is 1.43 bits per heavy atom. The Labute approximate surface area is 124 Å². The molecule has 1 atom stereocenters. The van der Waals surface area contributed by atoms with Crippen molar-refractivity contribution < 1.29 is 9.84 Å². The Morgan fingerprint density at radius 2 is 2.19 bits per heavy atom. The van der Waals surface area contributed by atoms with E-state index in [0.717, 1.165) is 23.1 Å². The summed E-state index contributed by atoms with van der Waals surface area (Å²) in [4.78, 5) is 0. The summed E-state index contributed by atoms with van der Waals surface area (Å²) in [5.74, 6) is 0. The zero-order valence-electron chi connectivity index (χ0n) is 12.7. The van der Waals surface area contributed by atoms with Crippen molar-refractivity contribution in [2.75, 3.05) is 18.5 Å². The summed E-state index contributed by atoms with van der Waals surface area (Å²) in [6.45, 7) is 6.23. The molecule has 1 aliphatic rings. The summed E-state index contributed by atoms with van der Waals surface area (Å²) >= 11 is 0. The second kappa shape index (κ2) is 5.66. The Kier molecular flexibility index (Phi) is 3.87. The molecule has 2 N–H and O–H groups in total. The molecule has 0 radical (unpaired) electrons. The Balaban J connectivity index is 1.80. The number of hydrogen-bond donors (Lipinski definition) is 2. The van der Waals surface area contributed by atoms with Crippen LogP contribution in [0, 0.1) is 0 Å². The highest BCUT2D eigenvalue weighted by molar-refractivity contribution is 5.82. The van der Waals surface area contributed by atoms with Crippen molar-refractivity contribution in [2.24, 2.45) is 0 Å². The first-order valence-corrected chi connectivity index (χ1v) is 7.64. The van der Waals surface area contributed by atoms with Crippen LogP contribution in [0.5, 0.6) is 0 Å². The molecule has 1 aromatic carbocycles. The third-order valence-corrected chi connectivity index (χ3v) is 4.49. The third kappa shape index (κ3) is 2.76. The summed E-state index contributed by atoms with van der Waals surface area (Å²) in [5.41, 5.74) is 1.44. The minimum Gasteiger partial charge on any atom is -0.388 e. The van der Waals surface area contributed by atoms with Crippen molar-refractivity contribution >= 4 is 16.6 Å². The van der Waals surface area contributed by atoms with Crippen molar-refractivity contribution in [3.05, 3.63) is 24.4 Å². The van der Waals surface area contributed by atoms with E-state index in [-0.39, 0.29) is 6.04 Å². The molecule has 0 amide bonds. The van der Waals surface area contributed by atoms with Gasteiger partial charge in [0.1, 0.15) is 0 Å². The van der Waals surface area contributed by atoms with Crippen molar-refractivity contribution in [3.8, 4) is 0 Å². The van der Waals surface area contributed by atoms with E-state index < -0.39 is 5.60 Å². The van der Waals surface area contributed by atoms with Crippen LogP contribution in [0.2, 0.25) is 0 Å². The van der Waals surface area contributed by atoms with Gasteiger partial charge in [0.25, 0.3) is 0 Å². The lowest BCUT2D eigenvalue weighted by molar-refractivity contribution is -0.0711. The average Bonchev–Trinajstić information content (AvgIpc) is 2.90. The highest BCUT2D eigenvalue weighted by atomic mass is 16.5. The van der Waals surface area contributed by atoms with E-state index in [1.807, 2.05) is 23.9 Å². The number of anilines is 1. The number of aliphatic hydroxyl groups is 1. The summed E-state index contributed by atoms with van der Waals surface area (Å²) < 4.78 is 7.32. The number of aromatic nitrogens is 2. The van der Waals surface area contributed by atoms with E-state index in [1.54, 1.807) is 0 Å². The molecular weight excluding hydrogens is 266 g/mol. The Hall–Kier alpha value is -1.59. The zero-order chi connectivity index (χ0) is 14.9. The van der Waals surface area contributed by atoms with Gasteiger partial charge in [0.15, 0.2) is 0 Å². The van der Waals surface area contributed by atoms with Gasteiger partial charge in [-0.3, -0.25) is 4.68 Å². The normalized spacial score (nSPS) is 19.6. The van der Waals surface area contributed by atoms with Crippen LogP contribution in [-0.4, -0.2) is 39.7 Å². The first-order valence-electron chi connectivity index (χ1n) is 7.64. The molecule has 0 spiro atoms. The Bertz CT molecular complexity index is 617. The number of rotatable bonds is 4. The average molecular weight is 289 g/mol. The molecule has 5 nitrogen and oxygen atoms in total. The van der Waals surface area contributed by atoms with Gasteiger partial charge in [0.05, 0.1) is 23.4 Å². The van der Waals surface area contributed by atoms with Crippen molar-refractivity contribution in [2.45, 2.75) is 44.9 Å². The summed E-state index contributed by atoms with van der Waals surface area (Å²) in [5, 5.41) is 19.7. The van der Waals surface area contributed by atoms with E-state index >= 15 is 0 Å². The smallest absolute Gasteiger partial charge is 0.0888 e. The molecule has 0 unspecified atom stereocenters. The van der Waals surface area contributed by atoms with E-state index in [0.29, 0.717) is 26.1 Å². The van der Waals surface area contributed by atoms with Crippen LogP contribution in [0.1, 0.15) is 26.7 Å². The van der Waals surface area contributed by atoms with Crippen LogP contribution in [0.4, 0.5) is 5.69 Å². The largest absolute Gasteiger partial charge is 0.388 e. The van der Waals surface area contributed by atoms with Gasteiger partial charge in [-0.1, -0.05) is 0 Å². The van der Waals surface area contributed by atoms with Gasteiger partial charge < -0.3 is 15.2 Å².